The van der Waals surface area contributed by atoms with Gasteiger partial charge in [0.2, 0.25) is 21.8 Å². The highest BCUT2D eigenvalue weighted by Gasteiger charge is 2.32. The molecule has 13 heteroatoms. The molecule has 0 saturated heterocycles. The van der Waals surface area contributed by atoms with Gasteiger partial charge in [0.05, 0.1) is 35.6 Å². The Kier molecular flexibility index (Phi) is 20.0. The molecular formula is C42H60FN5O5S2. The molecule has 4 aromatic rings. The lowest BCUT2D eigenvalue weighted by Gasteiger charge is -2.31. The summed E-state index contributed by atoms with van der Waals surface area (Å²) in [5.41, 5.74) is 1.45. The summed E-state index contributed by atoms with van der Waals surface area (Å²) in [7, 11) is -4.04. The van der Waals surface area contributed by atoms with Gasteiger partial charge in [0.1, 0.15) is 5.82 Å². The molecule has 0 spiro atoms. The van der Waals surface area contributed by atoms with Crippen LogP contribution in [0.2, 0.25) is 0 Å². The van der Waals surface area contributed by atoms with Gasteiger partial charge in [-0.1, -0.05) is 96.5 Å². The lowest BCUT2D eigenvalue weighted by molar-refractivity contribution is -0.126. The fourth-order valence-corrected chi connectivity index (χ4v) is 6.99. The fraction of sp³-hybridized carbons (Fsp3) is 0.452. The zero-order chi connectivity index (χ0) is 41.2. The van der Waals surface area contributed by atoms with Gasteiger partial charge in [-0.2, -0.15) is 16.9 Å². The van der Waals surface area contributed by atoms with Crippen molar-refractivity contribution in [1.82, 2.24) is 25.2 Å². The van der Waals surface area contributed by atoms with Crippen LogP contribution < -0.4 is 16.0 Å². The summed E-state index contributed by atoms with van der Waals surface area (Å²) in [6.45, 7) is 15.0. The molecule has 3 aromatic carbocycles. The molecule has 2 amide bonds. The number of carbonyl (C=O) groups excluding carboxylic acids is 2. The molecule has 1 aromatic heterocycles. The van der Waals surface area contributed by atoms with E-state index in [-0.39, 0.29) is 49.2 Å². The van der Waals surface area contributed by atoms with Crippen LogP contribution in [0.3, 0.4) is 0 Å². The third-order valence-electron chi connectivity index (χ3n) is 8.61. The fourth-order valence-electron chi connectivity index (χ4n) is 5.38. The Labute approximate surface area is 333 Å². The molecule has 0 saturated carbocycles. The quantitative estimate of drug-likeness (QED) is 0.0770. The molecule has 0 radical (unpaired) electrons. The maximum atomic E-state index is 14.0. The molecule has 0 fully saturated rings. The van der Waals surface area contributed by atoms with Crippen LogP contribution >= 0.6 is 12.6 Å². The molecular weight excluding hydrogens is 738 g/mol. The van der Waals surface area contributed by atoms with Crippen molar-refractivity contribution in [3.8, 4) is 0 Å². The van der Waals surface area contributed by atoms with Crippen LogP contribution in [-0.4, -0.2) is 78.2 Å². The van der Waals surface area contributed by atoms with Crippen molar-refractivity contribution in [3.05, 3.63) is 108 Å². The lowest BCUT2D eigenvalue weighted by atomic mass is 9.94. The highest BCUT2D eigenvalue weighted by atomic mass is 32.2. The van der Waals surface area contributed by atoms with Gasteiger partial charge in [0, 0.05) is 30.2 Å². The number of amides is 2. The first-order chi connectivity index (χ1) is 26.0. The Morgan fingerprint density at radius 3 is 2.22 bits per heavy atom. The van der Waals surface area contributed by atoms with Gasteiger partial charge in [-0.3, -0.25) is 19.9 Å². The predicted octanol–water partition coefficient (Wildman–Crippen LogP) is 6.49. The number of carbonyl (C=O) groups is 2. The molecule has 55 heavy (non-hydrogen) atoms. The van der Waals surface area contributed by atoms with E-state index in [0.29, 0.717) is 21.7 Å². The Hall–Kier alpha value is -3.88. The minimum absolute atomic E-state index is 0.000904. The standard InChI is InChI=1S/C37H46FN5O5S.C3H8S.C2H6/c1-5-26(2)24-43(49(47,48)31-16-17-32-28(20-31)13-10-18-39-32)25-34(44)33(19-27-11-7-6-8-12-27)42-36(46)22-40-35(45)23-41-37(3,4)29-14-9-15-30(38)21-29;1-3(2)4;1-2/h6-18,20-21,26,33-34,41,44H,5,19,22-25H2,1-4H3,(H,40,45)(H,42,46);3-4H,1-2H3;1-2H3/t26?,33-,34+;;/m0../s1. The Morgan fingerprint density at radius 2 is 1.58 bits per heavy atom. The van der Waals surface area contributed by atoms with Crippen molar-refractivity contribution in [2.45, 2.75) is 96.1 Å². The van der Waals surface area contributed by atoms with Gasteiger partial charge in [-0.25, -0.2) is 12.8 Å². The molecule has 4 N–H and O–H groups in total. The smallest absolute Gasteiger partial charge is 0.243 e. The highest BCUT2D eigenvalue weighted by molar-refractivity contribution is 7.89. The SMILES string of the molecule is CC.CC(C)S.CCC(C)CN(C[C@@H](O)[C@H](Cc1ccccc1)NC(=O)CNC(=O)CNC(C)(C)c1cccc(F)c1)S(=O)(=O)c1ccc2ncccc2c1. The normalized spacial score (nSPS) is 13.2. The summed E-state index contributed by atoms with van der Waals surface area (Å²) in [4.78, 5) is 30.1. The highest BCUT2D eigenvalue weighted by Crippen LogP contribution is 2.24. The van der Waals surface area contributed by atoms with Crippen LogP contribution in [0.4, 0.5) is 4.39 Å². The van der Waals surface area contributed by atoms with Crippen molar-refractivity contribution >= 4 is 45.4 Å². The number of aromatic nitrogens is 1. The minimum atomic E-state index is -4.04. The zero-order valence-corrected chi connectivity index (χ0v) is 35.1. The van der Waals surface area contributed by atoms with E-state index in [4.69, 9.17) is 0 Å². The van der Waals surface area contributed by atoms with Crippen LogP contribution in [0.25, 0.3) is 10.9 Å². The Balaban J connectivity index is 0.00000163. The monoisotopic (exact) mass is 797 g/mol. The molecule has 0 bridgehead atoms. The Bertz CT molecular complexity index is 1880. The molecule has 0 aliphatic heterocycles. The van der Waals surface area contributed by atoms with Crippen LogP contribution in [0.1, 0.15) is 72.9 Å². The van der Waals surface area contributed by atoms with E-state index in [2.05, 4.69) is 33.6 Å². The number of benzene rings is 3. The van der Waals surface area contributed by atoms with E-state index in [1.807, 2.05) is 85.7 Å². The van der Waals surface area contributed by atoms with Crippen molar-refractivity contribution in [3.63, 3.8) is 0 Å². The van der Waals surface area contributed by atoms with E-state index >= 15 is 0 Å². The van der Waals surface area contributed by atoms with Crippen molar-refractivity contribution in [2.24, 2.45) is 5.92 Å². The van der Waals surface area contributed by atoms with E-state index < -0.39 is 39.5 Å². The number of hydrogen-bond acceptors (Lipinski definition) is 8. The topological polar surface area (TPSA) is 141 Å². The zero-order valence-electron chi connectivity index (χ0n) is 33.4. The maximum absolute atomic E-state index is 14.0. The first kappa shape index (κ1) is 47.3. The number of sulfonamides is 1. The van der Waals surface area contributed by atoms with E-state index in [1.165, 1.54) is 22.5 Å². The summed E-state index contributed by atoms with van der Waals surface area (Å²) in [5.74, 6) is -1.37. The van der Waals surface area contributed by atoms with Crippen LogP contribution in [-0.2, 0) is 31.6 Å². The number of nitrogens with zero attached hydrogens (tertiary/aromatic N) is 2. The molecule has 3 atom stereocenters. The number of aliphatic hydroxyl groups excluding tert-OH is 1. The van der Waals surface area contributed by atoms with Crippen molar-refractivity contribution in [1.29, 1.82) is 0 Å². The van der Waals surface area contributed by atoms with E-state index in [9.17, 15) is 27.5 Å². The molecule has 10 nitrogen and oxygen atoms in total. The Morgan fingerprint density at radius 1 is 0.909 bits per heavy atom. The van der Waals surface area contributed by atoms with E-state index in [0.717, 1.165) is 12.0 Å². The van der Waals surface area contributed by atoms with Crippen LogP contribution in [0.5, 0.6) is 0 Å². The molecule has 1 heterocycles. The molecule has 4 rings (SSSR count). The number of fused-ring (bicyclic) bond motifs is 1. The summed E-state index contributed by atoms with van der Waals surface area (Å²) in [6.07, 6.45) is 1.31. The second kappa shape index (κ2) is 23.2. The molecule has 0 aliphatic rings. The third kappa shape index (κ3) is 16.0. The van der Waals surface area contributed by atoms with Gasteiger partial charge >= 0.3 is 0 Å². The number of thiol groups is 1. The van der Waals surface area contributed by atoms with Crippen molar-refractivity contribution in [2.75, 3.05) is 26.2 Å². The van der Waals surface area contributed by atoms with Gasteiger partial charge in [0.25, 0.3) is 0 Å². The largest absolute Gasteiger partial charge is 0.390 e. The molecule has 0 aliphatic carbocycles. The number of rotatable bonds is 17. The second-order valence-electron chi connectivity index (χ2n) is 14.0. The number of pyridine rings is 1. The van der Waals surface area contributed by atoms with Gasteiger partial charge in [-0.15, -0.1) is 0 Å². The van der Waals surface area contributed by atoms with Crippen LogP contribution in [0.15, 0.2) is 96.0 Å². The van der Waals surface area contributed by atoms with Gasteiger partial charge in [-0.05, 0) is 79.0 Å². The maximum Gasteiger partial charge on any atom is 0.243 e. The lowest BCUT2D eigenvalue weighted by Crippen LogP contribution is -2.53. The van der Waals surface area contributed by atoms with Crippen LogP contribution in [0, 0.1) is 11.7 Å². The third-order valence-corrected chi connectivity index (χ3v) is 10.4. The number of hydrogen-bond donors (Lipinski definition) is 5. The number of nitrogens with one attached hydrogen (secondary N) is 3. The number of aliphatic hydroxyl groups is 1. The van der Waals surface area contributed by atoms with Crippen molar-refractivity contribution < 1.29 is 27.5 Å². The summed E-state index contributed by atoms with van der Waals surface area (Å²) >= 11 is 3.97. The average molecular weight is 798 g/mol. The van der Waals surface area contributed by atoms with Gasteiger partial charge in [0.15, 0.2) is 0 Å². The first-order valence-electron chi connectivity index (χ1n) is 18.8. The van der Waals surface area contributed by atoms with E-state index in [1.54, 1.807) is 42.6 Å². The summed E-state index contributed by atoms with van der Waals surface area (Å²) in [5, 5.41) is 21.3. The molecule has 302 valence electrons. The number of halogens is 1. The van der Waals surface area contributed by atoms with Gasteiger partial charge < -0.3 is 15.7 Å². The summed E-state index contributed by atoms with van der Waals surface area (Å²) in [6, 6.07) is 22.8. The summed E-state index contributed by atoms with van der Waals surface area (Å²) < 4.78 is 43.0. The molecule has 1 unspecified atom stereocenters. The predicted molar refractivity (Wildman–Crippen MR) is 224 cm³/mol. The second-order valence-corrected chi connectivity index (χ2v) is 17.0. The first-order valence-corrected chi connectivity index (χ1v) is 20.8. The average Bonchev–Trinajstić information content (AvgIpc) is 3.16. The minimum Gasteiger partial charge on any atom is -0.390 e.